The summed E-state index contributed by atoms with van der Waals surface area (Å²) in [7, 11) is 0. The van der Waals surface area contributed by atoms with Gasteiger partial charge in [-0.1, -0.05) is 26.2 Å². The number of nitrogens with zero attached hydrogens (tertiary/aromatic N) is 1. The number of oxazole rings is 1. The third-order valence-electron chi connectivity index (χ3n) is 3.43. The zero-order valence-corrected chi connectivity index (χ0v) is 11.6. The van der Waals surface area contributed by atoms with Crippen molar-refractivity contribution >= 4 is 5.91 Å². The Morgan fingerprint density at radius 2 is 2.42 bits per heavy atom. The first-order chi connectivity index (χ1) is 9.31. The molecule has 1 unspecified atom stereocenters. The second-order valence-corrected chi connectivity index (χ2v) is 5.04. The number of carbonyl (C=O) groups excluding carboxylic acids is 1. The number of rotatable bonds is 7. The van der Waals surface area contributed by atoms with Gasteiger partial charge in [0, 0.05) is 6.54 Å². The van der Waals surface area contributed by atoms with Crippen LogP contribution < -0.4 is 10.6 Å². The fourth-order valence-corrected chi connectivity index (χ4v) is 2.29. The van der Waals surface area contributed by atoms with E-state index >= 15 is 0 Å². The molecule has 2 N–H and O–H groups in total. The van der Waals surface area contributed by atoms with E-state index in [2.05, 4.69) is 22.5 Å². The van der Waals surface area contributed by atoms with E-state index in [9.17, 15) is 4.79 Å². The third-order valence-corrected chi connectivity index (χ3v) is 3.43. The van der Waals surface area contributed by atoms with E-state index in [-0.39, 0.29) is 11.9 Å². The minimum Gasteiger partial charge on any atom is -0.446 e. The molecule has 2 heterocycles. The number of carbonyl (C=O) groups is 1. The quantitative estimate of drug-likeness (QED) is 0.743. The molecule has 0 aromatic carbocycles. The van der Waals surface area contributed by atoms with Crippen molar-refractivity contribution < 1.29 is 9.21 Å². The molecule has 0 saturated carbocycles. The van der Waals surface area contributed by atoms with Crippen molar-refractivity contribution in [3.8, 4) is 0 Å². The van der Waals surface area contributed by atoms with Crippen molar-refractivity contribution in [1.29, 1.82) is 0 Å². The standard InChI is InChI=1S/C14H23N3O2/c1-2-3-4-5-8-16-13(18)12-10-19-14(17-12)11-7-6-9-15-11/h10-11,15H,2-9H2,1H3,(H,16,18). The highest BCUT2D eigenvalue weighted by Crippen LogP contribution is 2.22. The van der Waals surface area contributed by atoms with E-state index < -0.39 is 0 Å². The highest BCUT2D eigenvalue weighted by molar-refractivity contribution is 5.91. The first-order valence-electron chi connectivity index (χ1n) is 7.28. The van der Waals surface area contributed by atoms with Crippen LogP contribution in [-0.2, 0) is 0 Å². The molecule has 0 radical (unpaired) electrons. The minimum absolute atomic E-state index is 0.135. The van der Waals surface area contributed by atoms with Gasteiger partial charge >= 0.3 is 0 Å². The average Bonchev–Trinajstić information content (AvgIpc) is 3.08. The number of hydrogen-bond acceptors (Lipinski definition) is 4. The summed E-state index contributed by atoms with van der Waals surface area (Å²) in [6.07, 6.45) is 8.22. The zero-order valence-electron chi connectivity index (χ0n) is 11.6. The van der Waals surface area contributed by atoms with Crippen molar-refractivity contribution in [2.24, 2.45) is 0 Å². The van der Waals surface area contributed by atoms with Crippen LogP contribution in [0.15, 0.2) is 10.7 Å². The molecule has 106 valence electrons. The van der Waals surface area contributed by atoms with Crippen molar-refractivity contribution in [2.75, 3.05) is 13.1 Å². The Kier molecular flexibility index (Phi) is 5.39. The molecule has 1 aliphatic heterocycles. The lowest BCUT2D eigenvalue weighted by molar-refractivity contribution is 0.0948. The number of amides is 1. The predicted octanol–water partition coefficient (Wildman–Crippen LogP) is 2.41. The molecule has 19 heavy (non-hydrogen) atoms. The van der Waals surface area contributed by atoms with E-state index in [0.29, 0.717) is 18.1 Å². The van der Waals surface area contributed by atoms with Crippen LogP contribution in [0.2, 0.25) is 0 Å². The van der Waals surface area contributed by atoms with Crippen molar-refractivity contribution in [1.82, 2.24) is 15.6 Å². The summed E-state index contributed by atoms with van der Waals surface area (Å²) in [5.74, 6) is 0.498. The molecule has 0 bridgehead atoms. The Bertz CT molecular complexity index is 397. The highest BCUT2D eigenvalue weighted by Gasteiger charge is 2.22. The Morgan fingerprint density at radius 3 is 3.16 bits per heavy atom. The Labute approximate surface area is 114 Å². The summed E-state index contributed by atoms with van der Waals surface area (Å²) in [5.41, 5.74) is 0.388. The summed E-state index contributed by atoms with van der Waals surface area (Å²) in [5, 5.41) is 6.18. The Morgan fingerprint density at radius 1 is 1.53 bits per heavy atom. The van der Waals surface area contributed by atoms with Crippen LogP contribution in [0.4, 0.5) is 0 Å². The smallest absolute Gasteiger partial charge is 0.273 e. The van der Waals surface area contributed by atoms with Gasteiger partial charge in [0.25, 0.3) is 5.91 Å². The van der Waals surface area contributed by atoms with Gasteiger partial charge in [-0.2, -0.15) is 0 Å². The van der Waals surface area contributed by atoms with Gasteiger partial charge < -0.3 is 15.1 Å². The van der Waals surface area contributed by atoms with Crippen LogP contribution >= 0.6 is 0 Å². The van der Waals surface area contributed by atoms with E-state index in [1.54, 1.807) is 0 Å². The first-order valence-corrected chi connectivity index (χ1v) is 7.28. The Hall–Kier alpha value is -1.36. The van der Waals surface area contributed by atoms with Crippen LogP contribution in [0.25, 0.3) is 0 Å². The number of hydrogen-bond donors (Lipinski definition) is 2. The Balaban J connectivity index is 1.76. The van der Waals surface area contributed by atoms with Crippen molar-refractivity contribution in [2.45, 2.75) is 51.5 Å². The lowest BCUT2D eigenvalue weighted by Gasteiger charge is -2.03. The molecular formula is C14H23N3O2. The normalized spacial score (nSPS) is 18.7. The fourth-order valence-electron chi connectivity index (χ4n) is 2.29. The second kappa shape index (κ2) is 7.28. The molecule has 5 nitrogen and oxygen atoms in total. The van der Waals surface area contributed by atoms with Gasteiger partial charge in [-0.05, 0) is 25.8 Å². The van der Waals surface area contributed by atoms with Crippen LogP contribution in [0.1, 0.15) is 67.9 Å². The van der Waals surface area contributed by atoms with E-state index in [4.69, 9.17) is 4.42 Å². The number of nitrogens with one attached hydrogen (secondary N) is 2. The second-order valence-electron chi connectivity index (χ2n) is 5.04. The highest BCUT2D eigenvalue weighted by atomic mass is 16.3. The summed E-state index contributed by atoms with van der Waals surface area (Å²) in [6.45, 7) is 3.88. The molecule has 0 aliphatic carbocycles. The van der Waals surface area contributed by atoms with Gasteiger partial charge in [0.2, 0.25) is 5.89 Å². The molecule has 1 amide bonds. The zero-order chi connectivity index (χ0) is 13.5. The summed E-state index contributed by atoms with van der Waals surface area (Å²) in [4.78, 5) is 16.1. The fraction of sp³-hybridized carbons (Fsp3) is 0.714. The maximum Gasteiger partial charge on any atom is 0.273 e. The maximum atomic E-state index is 11.9. The SMILES string of the molecule is CCCCCCNC(=O)c1coc(C2CCCN2)n1. The molecule has 0 spiro atoms. The largest absolute Gasteiger partial charge is 0.446 e. The topological polar surface area (TPSA) is 67.2 Å². The summed E-state index contributed by atoms with van der Waals surface area (Å²) < 4.78 is 5.38. The van der Waals surface area contributed by atoms with E-state index in [1.807, 2.05) is 0 Å². The molecule has 1 aromatic heterocycles. The molecule has 1 atom stereocenters. The maximum absolute atomic E-state index is 11.9. The first kappa shape index (κ1) is 14.1. The third kappa shape index (κ3) is 4.06. The molecule has 1 saturated heterocycles. The van der Waals surface area contributed by atoms with Crippen molar-refractivity contribution in [3.05, 3.63) is 17.8 Å². The van der Waals surface area contributed by atoms with Gasteiger partial charge in [-0.25, -0.2) is 4.98 Å². The van der Waals surface area contributed by atoms with Gasteiger partial charge in [0.1, 0.15) is 6.26 Å². The molecule has 5 heteroatoms. The molecule has 1 aromatic rings. The van der Waals surface area contributed by atoms with Crippen molar-refractivity contribution in [3.63, 3.8) is 0 Å². The van der Waals surface area contributed by atoms with Crippen LogP contribution in [0.5, 0.6) is 0 Å². The lowest BCUT2D eigenvalue weighted by Crippen LogP contribution is -2.25. The van der Waals surface area contributed by atoms with E-state index in [0.717, 1.165) is 32.2 Å². The minimum atomic E-state index is -0.135. The van der Waals surface area contributed by atoms with Gasteiger partial charge in [0.05, 0.1) is 6.04 Å². The monoisotopic (exact) mass is 265 g/mol. The number of unbranched alkanes of at least 4 members (excludes halogenated alkanes) is 3. The summed E-state index contributed by atoms with van der Waals surface area (Å²) >= 11 is 0. The van der Waals surface area contributed by atoms with Gasteiger partial charge in [0.15, 0.2) is 5.69 Å². The van der Waals surface area contributed by atoms with Crippen LogP contribution in [-0.4, -0.2) is 24.0 Å². The summed E-state index contributed by atoms with van der Waals surface area (Å²) in [6, 6.07) is 0.172. The average molecular weight is 265 g/mol. The molecule has 1 aliphatic rings. The van der Waals surface area contributed by atoms with Crippen LogP contribution in [0.3, 0.4) is 0 Å². The predicted molar refractivity (Wildman–Crippen MR) is 73.0 cm³/mol. The van der Waals surface area contributed by atoms with E-state index in [1.165, 1.54) is 19.1 Å². The number of aromatic nitrogens is 1. The lowest BCUT2D eigenvalue weighted by atomic mass is 10.2. The van der Waals surface area contributed by atoms with Crippen LogP contribution in [0, 0.1) is 0 Å². The molecule has 1 fully saturated rings. The van der Waals surface area contributed by atoms with Gasteiger partial charge in [-0.3, -0.25) is 4.79 Å². The molecular weight excluding hydrogens is 242 g/mol. The van der Waals surface area contributed by atoms with Gasteiger partial charge in [-0.15, -0.1) is 0 Å². The molecule has 2 rings (SSSR count).